The zero-order chi connectivity index (χ0) is 11.2. The fourth-order valence-corrected chi connectivity index (χ4v) is 3.31. The predicted octanol–water partition coefficient (Wildman–Crippen LogP) is 3.11. The van der Waals surface area contributed by atoms with E-state index < -0.39 is 0 Å². The Balaban J connectivity index is 1.80. The van der Waals surface area contributed by atoms with Crippen LogP contribution in [-0.4, -0.2) is 25.3 Å². The van der Waals surface area contributed by atoms with Gasteiger partial charge >= 0.3 is 0 Å². The smallest absolute Gasteiger partial charge is 0.0480 e. The molecule has 2 rings (SSSR count). The maximum Gasteiger partial charge on any atom is 0.0480 e. The molecule has 0 bridgehead atoms. The molecule has 1 aliphatic carbocycles. The van der Waals surface area contributed by atoms with Crippen LogP contribution < -0.4 is 5.32 Å². The van der Waals surface area contributed by atoms with E-state index in [4.69, 9.17) is 4.74 Å². The topological polar surface area (TPSA) is 21.3 Å². The zero-order valence-corrected chi connectivity index (χ0v) is 10.7. The summed E-state index contributed by atoms with van der Waals surface area (Å²) in [4.78, 5) is 0. The molecule has 0 amide bonds. The quantitative estimate of drug-likeness (QED) is 0.794. The summed E-state index contributed by atoms with van der Waals surface area (Å²) in [6.07, 6.45) is 10.9. The Hall–Kier alpha value is -0.0800. The largest absolute Gasteiger partial charge is 0.381 e. The first kappa shape index (κ1) is 12.4. The fraction of sp³-hybridized carbons (Fsp3) is 1.00. The van der Waals surface area contributed by atoms with Crippen LogP contribution in [0.4, 0.5) is 0 Å². The van der Waals surface area contributed by atoms with Gasteiger partial charge in [-0.2, -0.15) is 0 Å². The Morgan fingerprint density at radius 2 is 1.81 bits per heavy atom. The van der Waals surface area contributed by atoms with E-state index in [2.05, 4.69) is 12.2 Å². The van der Waals surface area contributed by atoms with Gasteiger partial charge in [0.1, 0.15) is 0 Å². The summed E-state index contributed by atoms with van der Waals surface area (Å²) in [7, 11) is 0. The Morgan fingerprint density at radius 1 is 1.06 bits per heavy atom. The SMILES string of the molecule is CCCC1CCCCC1NC1CCOCC1. The Kier molecular flexibility index (Phi) is 5.11. The second kappa shape index (κ2) is 6.61. The maximum atomic E-state index is 5.42. The molecule has 1 N–H and O–H groups in total. The molecule has 1 aliphatic heterocycles. The third-order valence-corrected chi connectivity index (χ3v) is 4.24. The van der Waals surface area contributed by atoms with E-state index in [1.54, 1.807) is 0 Å². The molecule has 2 aliphatic rings. The van der Waals surface area contributed by atoms with Gasteiger partial charge in [-0.05, 0) is 38.0 Å². The van der Waals surface area contributed by atoms with Gasteiger partial charge in [-0.25, -0.2) is 0 Å². The van der Waals surface area contributed by atoms with Gasteiger partial charge in [0.15, 0.2) is 0 Å². The van der Waals surface area contributed by atoms with Gasteiger partial charge in [-0.15, -0.1) is 0 Å². The number of hydrogen-bond donors (Lipinski definition) is 1. The summed E-state index contributed by atoms with van der Waals surface area (Å²) in [6, 6.07) is 1.54. The standard InChI is InChI=1S/C14H27NO/c1-2-5-12-6-3-4-7-14(12)15-13-8-10-16-11-9-13/h12-15H,2-11H2,1H3. The lowest BCUT2D eigenvalue weighted by atomic mass is 9.81. The lowest BCUT2D eigenvalue weighted by Gasteiger charge is -2.36. The van der Waals surface area contributed by atoms with E-state index >= 15 is 0 Å². The van der Waals surface area contributed by atoms with Crippen molar-refractivity contribution < 1.29 is 4.74 Å². The van der Waals surface area contributed by atoms with E-state index in [0.29, 0.717) is 0 Å². The summed E-state index contributed by atoms with van der Waals surface area (Å²) in [5, 5.41) is 3.91. The van der Waals surface area contributed by atoms with Gasteiger partial charge in [-0.1, -0.05) is 26.2 Å². The van der Waals surface area contributed by atoms with Gasteiger partial charge in [-0.3, -0.25) is 0 Å². The van der Waals surface area contributed by atoms with E-state index in [9.17, 15) is 0 Å². The lowest BCUT2D eigenvalue weighted by molar-refractivity contribution is 0.0689. The molecule has 1 saturated carbocycles. The Morgan fingerprint density at radius 3 is 2.56 bits per heavy atom. The molecule has 0 radical (unpaired) electrons. The molecule has 0 aromatic rings. The summed E-state index contributed by atoms with van der Waals surface area (Å²) in [5.74, 6) is 0.946. The molecule has 2 unspecified atom stereocenters. The summed E-state index contributed by atoms with van der Waals surface area (Å²) in [6.45, 7) is 4.24. The van der Waals surface area contributed by atoms with Crippen molar-refractivity contribution in [2.24, 2.45) is 5.92 Å². The second-order valence-electron chi connectivity index (χ2n) is 5.49. The molecule has 1 heterocycles. The van der Waals surface area contributed by atoms with Gasteiger partial charge in [0.05, 0.1) is 0 Å². The monoisotopic (exact) mass is 225 g/mol. The van der Waals surface area contributed by atoms with Crippen LogP contribution in [0.3, 0.4) is 0 Å². The van der Waals surface area contributed by atoms with Gasteiger partial charge < -0.3 is 10.1 Å². The highest BCUT2D eigenvalue weighted by atomic mass is 16.5. The summed E-state index contributed by atoms with van der Waals surface area (Å²) < 4.78 is 5.42. The lowest BCUT2D eigenvalue weighted by Crippen LogP contribution is -2.46. The van der Waals surface area contributed by atoms with Crippen molar-refractivity contribution in [2.75, 3.05) is 13.2 Å². The summed E-state index contributed by atoms with van der Waals surface area (Å²) in [5.41, 5.74) is 0. The highest BCUT2D eigenvalue weighted by Crippen LogP contribution is 2.29. The molecule has 0 spiro atoms. The van der Waals surface area contributed by atoms with Crippen LogP contribution in [0.25, 0.3) is 0 Å². The van der Waals surface area contributed by atoms with E-state index in [0.717, 1.165) is 31.2 Å². The van der Waals surface area contributed by atoms with Crippen molar-refractivity contribution in [3.8, 4) is 0 Å². The van der Waals surface area contributed by atoms with Gasteiger partial charge in [0, 0.05) is 25.3 Å². The van der Waals surface area contributed by atoms with Crippen LogP contribution in [0.1, 0.15) is 58.3 Å². The molecular weight excluding hydrogens is 198 g/mol. The van der Waals surface area contributed by atoms with Crippen molar-refractivity contribution >= 4 is 0 Å². The maximum absolute atomic E-state index is 5.42. The average Bonchev–Trinajstić information content (AvgIpc) is 2.33. The van der Waals surface area contributed by atoms with E-state index in [1.807, 2.05) is 0 Å². The van der Waals surface area contributed by atoms with Crippen LogP contribution in [-0.2, 0) is 4.74 Å². The average molecular weight is 225 g/mol. The predicted molar refractivity (Wildman–Crippen MR) is 67.6 cm³/mol. The molecule has 2 fully saturated rings. The molecule has 1 saturated heterocycles. The van der Waals surface area contributed by atoms with Crippen LogP contribution >= 0.6 is 0 Å². The molecule has 0 aromatic carbocycles. The number of nitrogens with one attached hydrogen (secondary N) is 1. The minimum Gasteiger partial charge on any atom is -0.381 e. The number of ether oxygens (including phenoxy) is 1. The van der Waals surface area contributed by atoms with Crippen LogP contribution in [0.5, 0.6) is 0 Å². The zero-order valence-electron chi connectivity index (χ0n) is 10.7. The van der Waals surface area contributed by atoms with Crippen molar-refractivity contribution in [3.05, 3.63) is 0 Å². The first-order chi connectivity index (χ1) is 7.90. The first-order valence-corrected chi connectivity index (χ1v) is 7.24. The minimum atomic E-state index is 0.733. The second-order valence-corrected chi connectivity index (χ2v) is 5.49. The third-order valence-electron chi connectivity index (χ3n) is 4.24. The van der Waals surface area contributed by atoms with Gasteiger partial charge in [0.25, 0.3) is 0 Å². The van der Waals surface area contributed by atoms with Crippen LogP contribution in [0.15, 0.2) is 0 Å². The van der Waals surface area contributed by atoms with Crippen molar-refractivity contribution in [1.82, 2.24) is 5.32 Å². The molecule has 2 heteroatoms. The first-order valence-electron chi connectivity index (χ1n) is 7.24. The van der Waals surface area contributed by atoms with Crippen molar-refractivity contribution in [2.45, 2.75) is 70.4 Å². The molecule has 16 heavy (non-hydrogen) atoms. The van der Waals surface area contributed by atoms with Crippen molar-refractivity contribution in [3.63, 3.8) is 0 Å². The number of rotatable bonds is 4. The Labute approximate surface area is 100 Å². The normalized spacial score (nSPS) is 32.8. The number of hydrogen-bond acceptors (Lipinski definition) is 2. The van der Waals surface area contributed by atoms with Crippen LogP contribution in [0.2, 0.25) is 0 Å². The Bertz CT molecular complexity index is 187. The molecule has 0 aromatic heterocycles. The van der Waals surface area contributed by atoms with E-state index in [-0.39, 0.29) is 0 Å². The van der Waals surface area contributed by atoms with E-state index in [1.165, 1.54) is 51.4 Å². The minimum absolute atomic E-state index is 0.733. The van der Waals surface area contributed by atoms with Crippen molar-refractivity contribution in [1.29, 1.82) is 0 Å². The highest BCUT2D eigenvalue weighted by molar-refractivity contribution is 4.84. The van der Waals surface area contributed by atoms with Crippen LogP contribution in [0, 0.1) is 5.92 Å². The molecule has 94 valence electrons. The van der Waals surface area contributed by atoms with Gasteiger partial charge in [0.2, 0.25) is 0 Å². The molecular formula is C14H27NO. The fourth-order valence-electron chi connectivity index (χ4n) is 3.31. The summed E-state index contributed by atoms with van der Waals surface area (Å²) >= 11 is 0. The third kappa shape index (κ3) is 3.46. The highest BCUT2D eigenvalue weighted by Gasteiger charge is 2.26. The molecule has 2 atom stereocenters. The molecule has 2 nitrogen and oxygen atoms in total.